The van der Waals surface area contributed by atoms with E-state index in [1.54, 1.807) is 24.3 Å². The van der Waals surface area contributed by atoms with E-state index >= 15 is 0 Å². The summed E-state index contributed by atoms with van der Waals surface area (Å²) in [6.45, 7) is 4.25. The quantitative estimate of drug-likeness (QED) is 0.585. The van der Waals surface area contributed by atoms with Crippen LogP contribution in [0, 0.1) is 5.92 Å². The molecule has 1 aromatic carbocycles. The van der Waals surface area contributed by atoms with Crippen LogP contribution in [0.4, 0.5) is 0 Å². The van der Waals surface area contributed by atoms with Crippen molar-refractivity contribution in [1.82, 2.24) is 0 Å². The molecule has 0 saturated carbocycles. The summed E-state index contributed by atoms with van der Waals surface area (Å²) in [6.07, 6.45) is 6.23. The van der Waals surface area contributed by atoms with Crippen molar-refractivity contribution in [2.24, 2.45) is 5.92 Å². The molecule has 1 atom stereocenters. The van der Waals surface area contributed by atoms with Crippen LogP contribution >= 0.6 is 0 Å². The van der Waals surface area contributed by atoms with Crippen LogP contribution in [0.1, 0.15) is 68.3 Å². The Bertz CT molecular complexity index is 598. The van der Waals surface area contributed by atoms with Gasteiger partial charge in [0.05, 0.1) is 0 Å². The fraction of sp³-hybridized carbons (Fsp3) is 0.474. The molecular formula is C19H24O3. The Hall–Kier alpha value is -1.90. The Morgan fingerprint density at radius 2 is 1.68 bits per heavy atom. The molecule has 0 bridgehead atoms. The van der Waals surface area contributed by atoms with E-state index in [0.717, 1.165) is 12.8 Å². The van der Waals surface area contributed by atoms with Crippen LogP contribution in [0.5, 0.6) is 0 Å². The Morgan fingerprint density at radius 3 is 2.36 bits per heavy atom. The second-order valence-corrected chi connectivity index (χ2v) is 6.19. The molecule has 1 unspecified atom stereocenters. The first-order chi connectivity index (χ1) is 10.6. The first-order valence-corrected chi connectivity index (χ1v) is 8.16. The zero-order valence-corrected chi connectivity index (χ0v) is 13.4. The highest BCUT2D eigenvalue weighted by Crippen LogP contribution is 2.31. The van der Waals surface area contributed by atoms with Crippen LogP contribution in [-0.4, -0.2) is 16.7 Å². The van der Waals surface area contributed by atoms with Crippen LogP contribution in [0.25, 0.3) is 5.76 Å². The molecule has 1 N–H and O–H groups in total. The van der Waals surface area contributed by atoms with Gasteiger partial charge in [-0.3, -0.25) is 9.59 Å². The van der Waals surface area contributed by atoms with Crippen molar-refractivity contribution in [3.05, 3.63) is 41.0 Å². The fourth-order valence-electron chi connectivity index (χ4n) is 2.98. The third-order valence-corrected chi connectivity index (χ3v) is 4.30. The smallest absolute Gasteiger partial charge is 0.234 e. The number of ketones is 2. The van der Waals surface area contributed by atoms with Gasteiger partial charge in [0.15, 0.2) is 0 Å². The summed E-state index contributed by atoms with van der Waals surface area (Å²) in [5, 5.41) is 10.4. The number of carbonyl (C=O) groups excluding carboxylic acids is 2. The fourth-order valence-corrected chi connectivity index (χ4v) is 2.98. The van der Waals surface area contributed by atoms with Gasteiger partial charge in [-0.05, 0) is 12.3 Å². The number of aliphatic hydroxyl groups is 1. The van der Waals surface area contributed by atoms with Crippen molar-refractivity contribution in [2.75, 3.05) is 0 Å². The summed E-state index contributed by atoms with van der Waals surface area (Å²) in [5.41, 5.74) is 1.08. The molecule has 3 nitrogen and oxygen atoms in total. The lowest BCUT2D eigenvalue weighted by Gasteiger charge is -2.20. The number of carbonyl (C=O) groups is 2. The van der Waals surface area contributed by atoms with Crippen molar-refractivity contribution >= 4 is 17.3 Å². The minimum absolute atomic E-state index is 0.0133. The summed E-state index contributed by atoms with van der Waals surface area (Å²) in [4.78, 5) is 24.4. The number of unbranched alkanes of at least 4 members (excludes halogenated alkanes) is 3. The molecular weight excluding hydrogens is 276 g/mol. The Balaban J connectivity index is 2.12. The lowest BCUT2D eigenvalue weighted by atomic mass is 9.83. The first-order valence-electron chi connectivity index (χ1n) is 8.16. The predicted octanol–water partition coefficient (Wildman–Crippen LogP) is 4.72. The van der Waals surface area contributed by atoms with Gasteiger partial charge < -0.3 is 5.11 Å². The summed E-state index contributed by atoms with van der Waals surface area (Å²) in [6, 6.07) is 6.76. The number of Topliss-reactive ketones (excluding diaryl/α,β-unsaturated/α-hetero) is 2. The van der Waals surface area contributed by atoms with Gasteiger partial charge >= 0.3 is 0 Å². The number of rotatable bonds is 7. The molecule has 0 heterocycles. The molecule has 2 rings (SSSR count). The molecule has 0 amide bonds. The molecule has 0 spiro atoms. The second kappa shape index (κ2) is 7.39. The van der Waals surface area contributed by atoms with Gasteiger partial charge in [-0.25, -0.2) is 0 Å². The van der Waals surface area contributed by atoms with Crippen LogP contribution in [0.15, 0.2) is 29.8 Å². The third kappa shape index (κ3) is 3.46. The van der Waals surface area contributed by atoms with Gasteiger partial charge in [0.2, 0.25) is 11.6 Å². The molecule has 1 aromatic rings. The van der Waals surface area contributed by atoms with E-state index in [4.69, 9.17) is 0 Å². The van der Waals surface area contributed by atoms with Gasteiger partial charge in [0.1, 0.15) is 5.76 Å². The van der Waals surface area contributed by atoms with E-state index in [1.807, 2.05) is 0 Å². The van der Waals surface area contributed by atoms with Crippen molar-refractivity contribution in [2.45, 2.75) is 52.4 Å². The number of hydrogen-bond acceptors (Lipinski definition) is 3. The van der Waals surface area contributed by atoms with Gasteiger partial charge in [0, 0.05) is 16.7 Å². The molecule has 118 valence electrons. The largest absolute Gasteiger partial charge is 0.507 e. The SMILES string of the molecule is CCCCCCC(C)CC1=C(O)c2ccccc2C(=O)C1=O. The number of allylic oxidation sites excluding steroid dienone is 1. The molecule has 3 heteroatoms. The minimum Gasteiger partial charge on any atom is -0.507 e. The zero-order valence-electron chi connectivity index (χ0n) is 13.4. The third-order valence-electron chi connectivity index (χ3n) is 4.30. The summed E-state index contributed by atoms with van der Waals surface area (Å²) in [5.74, 6) is -0.769. The minimum atomic E-state index is -0.545. The molecule has 0 fully saturated rings. The van der Waals surface area contributed by atoms with Crippen LogP contribution in [0.2, 0.25) is 0 Å². The second-order valence-electron chi connectivity index (χ2n) is 6.19. The molecule has 0 aromatic heterocycles. The summed E-state index contributed by atoms with van der Waals surface area (Å²) in [7, 11) is 0. The molecule has 0 saturated heterocycles. The lowest BCUT2D eigenvalue weighted by Crippen LogP contribution is -2.25. The van der Waals surface area contributed by atoms with E-state index in [9.17, 15) is 14.7 Å². The van der Waals surface area contributed by atoms with Gasteiger partial charge in [-0.1, -0.05) is 70.2 Å². The predicted molar refractivity (Wildman–Crippen MR) is 87.9 cm³/mol. The van der Waals surface area contributed by atoms with E-state index in [0.29, 0.717) is 17.5 Å². The Kier molecular flexibility index (Phi) is 5.53. The van der Waals surface area contributed by atoms with E-state index in [2.05, 4.69) is 13.8 Å². The molecule has 22 heavy (non-hydrogen) atoms. The molecule has 0 aliphatic heterocycles. The van der Waals surface area contributed by atoms with Crippen LogP contribution in [0.3, 0.4) is 0 Å². The van der Waals surface area contributed by atoms with Crippen LogP contribution < -0.4 is 0 Å². The topological polar surface area (TPSA) is 54.4 Å². The lowest BCUT2D eigenvalue weighted by molar-refractivity contribution is -0.112. The van der Waals surface area contributed by atoms with E-state index in [-0.39, 0.29) is 17.3 Å². The zero-order chi connectivity index (χ0) is 16.1. The maximum absolute atomic E-state index is 12.2. The normalized spacial score (nSPS) is 15.9. The monoisotopic (exact) mass is 300 g/mol. The molecule has 0 radical (unpaired) electrons. The van der Waals surface area contributed by atoms with Crippen molar-refractivity contribution < 1.29 is 14.7 Å². The van der Waals surface area contributed by atoms with E-state index < -0.39 is 11.6 Å². The summed E-state index contributed by atoms with van der Waals surface area (Å²) >= 11 is 0. The average molecular weight is 300 g/mol. The van der Waals surface area contributed by atoms with Crippen LogP contribution in [-0.2, 0) is 4.79 Å². The average Bonchev–Trinajstić information content (AvgIpc) is 2.53. The van der Waals surface area contributed by atoms with E-state index in [1.165, 1.54) is 19.3 Å². The first kappa shape index (κ1) is 16.5. The standard InChI is InChI=1S/C19H24O3/c1-3-4-5-6-9-13(2)12-16-17(20)14-10-7-8-11-15(14)18(21)19(16)22/h7-8,10-11,13,20H,3-6,9,12H2,1-2H3. The molecule has 1 aliphatic carbocycles. The Labute approximate surface area is 132 Å². The molecule has 1 aliphatic rings. The van der Waals surface area contributed by atoms with Gasteiger partial charge in [0.25, 0.3) is 0 Å². The number of aliphatic hydroxyl groups excluding tert-OH is 1. The highest BCUT2D eigenvalue weighted by Gasteiger charge is 2.32. The van der Waals surface area contributed by atoms with Crippen molar-refractivity contribution in [3.8, 4) is 0 Å². The van der Waals surface area contributed by atoms with Crippen molar-refractivity contribution in [3.63, 3.8) is 0 Å². The van der Waals surface area contributed by atoms with Gasteiger partial charge in [-0.15, -0.1) is 0 Å². The number of fused-ring (bicyclic) bond motifs is 1. The highest BCUT2D eigenvalue weighted by atomic mass is 16.3. The number of benzene rings is 1. The maximum atomic E-state index is 12.2. The van der Waals surface area contributed by atoms with Gasteiger partial charge in [-0.2, -0.15) is 0 Å². The summed E-state index contributed by atoms with van der Waals surface area (Å²) < 4.78 is 0. The Morgan fingerprint density at radius 1 is 1.00 bits per heavy atom. The van der Waals surface area contributed by atoms with Crippen molar-refractivity contribution in [1.29, 1.82) is 0 Å². The highest BCUT2D eigenvalue weighted by molar-refractivity contribution is 6.52. The number of hydrogen-bond donors (Lipinski definition) is 1. The maximum Gasteiger partial charge on any atom is 0.234 e.